The molecule has 0 aliphatic heterocycles. The third kappa shape index (κ3) is 11.4. The highest BCUT2D eigenvalue weighted by Gasteiger charge is 2.31. The first-order valence-electron chi connectivity index (χ1n) is 19.3. The Labute approximate surface area is 379 Å². The highest BCUT2D eigenvalue weighted by atomic mass is 127. The van der Waals surface area contributed by atoms with Gasteiger partial charge in [-0.2, -0.15) is 10.2 Å². The average Bonchev–Trinajstić information content (AvgIpc) is 4.19. The number of carbonyl (C=O) groups is 4. The van der Waals surface area contributed by atoms with E-state index < -0.39 is 5.91 Å². The molecule has 2 saturated carbocycles. The molecule has 22 heteroatoms. The maximum Gasteiger partial charge on any atom is 0.273 e. The number of anilines is 6. The Hall–Kier alpha value is -6.79. The largest absolute Gasteiger partial charge is 0.392 e. The molecule has 4 aromatic heterocycles. The van der Waals surface area contributed by atoms with Crippen molar-refractivity contribution in [2.45, 2.75) is 53.2 Å². The lowest BCUT2D eigenvalue weighted by molar-refractivity contribution is -0.118. The molecule has 2 fully saturated rings. The summed E-state index contributed by atoms with van der Waals surface area (Å²) in [5.74, 6) is 0.500. The Morgan fingerprint density at radius 1 is 0.667 bits per heavy atom. The van der Waals surface area contributed by atoms with E-state index in [1.54, 1.807) is 78.6 Å². The number of ketones is 1. The molecule has 0 radical (unpaired) electrons. The van der Waals surface area contributed by atoms with E-state index in [4.69, 9.17) is 0 Å². The molecule has 8 rings (SSSR count). The van der Waals surface area contributed by atoms with E-state index in [0.29, 0.717) is 56.7 Å². The number of nitrogens with zero attached hydrogens (tertiary/aromatic N) is 10. The van der Waals surface area contributed by atoms with E-state index in [9.17, 15) is 29.4 Å². The third-order valence-electron chi connectivity index (χ3n) is 9.65. The molecule has 0 unspecified atom stereocenters. The van der Waals surface area contributed by atoms with Crippen LogP contribution in [0.3, 0.4) is 0 Å². The number of halogens is 1. The van der Waals surface area contributed by atoms with Crippen LogP contribution in [0.4, 0.5) is 34.4 Å². The van der Waals surface area contributed by atoms with Crippen LogP contribution < -0.4 is 26.6 Å². The minimum absolute atomic E-state index is 0. The van der Waals surface area contributed by atoms with E-state index in [-0.39, 0.29) is 97.1 Å². The van der Waals surface area contributed by atoms with Gasteiger partial charge in [0.15, 0.2) is 40.5 Å². The Morgan fingerprint density at radius 3 is 1.46 bits per heavy atom. The van der Waals surface area contributed by atoms with Crippen LogP contribution in [-0.2, 0) is 36.9 Å². The Morgan fingerprint density at radius 2 is 1.10 bits per heavy atom. The molecule has 2 aliphatic rings. The minimum Gasteiger partial charge on any atom is -0.392 e. The molecular formula is C41H48IN15O6. The molecule has 7 N–H and O–H groups in total. The van der Waals surface area contributed by atoms with E-state index in [1.165, 1.54) is 14.0 Å². The molecular weight excluding hydrogens is 925 g/mol. The lowest BCUT2D eigenvalue weighted by atomic mass is 10.0. The molecule has 2 aromatic carbocycles. The fourth-order valence-electron chi connectivity index (χ4n) is 6.17. The summed E-state index contributed by atoms with van der Waals surface area (Å²) >= 11 is 0. The predicted molar refractivity (Wildman–Crippen MR) is 244 cm³/mol. The number of aliphatic hydroxyl groups excluding tert-OH is 2. The van der Waals surface area contributed by atoms with Gasteiger partial charge >= 0.3 is 0 Å². The van der Waals surface area contributed by atoms with Gasteiger partial charge in [-0.25, -0.2) is 9.97 Å². The van der Waals surface area contributed by atoms with Crippen molar-refractivity contribution in [3.05, 3.63) is 83.7 Å². The van der Waals surface area contributed by atoms with Gasteiger partial charge in [0.1, 0.15) is 12.7 Å². The van der Waals surface area contributed by atoms with E-state index >= 15 is 0 Å². The number of rotatable bonds is 14. The van der Waals surface area contributed by atoms with Crippen LogP contribution in [0.1, 0.15) is 72.1 Å². The van der Waals surface area contributed by atoms with Gasteiger partial charge in [-0.15, -0.1) is 44.4 Å². The van der Waals surface area contributed by atoms with Gasteiger partial charge in [-0.1, -0.05) is 31.7 Å². The van der Waals surface area contributed by atoms with Crippen LogP contribution in [0.15, 0.2) is 61.2 Å². The van der Waals surface area contributed by atoms with E-state index in [1.807, 2.05) is 6.07 Å². The second-order valence-corrected chi connectivity index (χ2v) is 14.4. The Kier molecular flexibility index (Phi) is 15.6. The smallest absolute Gasteiger partial charge is 0.273 e. The number of nitrogens with one attached hydrogen (secondary N) is 5. The van der Waals surface area contributed by atoms with Gasteiger partial charge in [0, 0.05) is 85.7 Å². The minimum atomic E-state index is -0.442. The highest BCUT2D eigenvalue weighted by molar-refractivity contribution is 14.0. The summed E-state index contributed by atoms with van der Waals surface area (Å²) in [5, 5.41) is 58.8. The van der Waals surface area contributed by atoms with Crippen molar-refractivity contribution < 1.29 is 29.4 Å². The van der Waals surface area contributed by atoms with Crippen LogP contribution >= 0.6 is 24.0 Å². The Bertz CT molecular complexity index is 2630. The average molecular weight is 974 g/mol. The maximum atomic E-state index is 12.3. The standard InChI is InChI=1S/C20H22N8O3.C20H21N7O3.CH4.HI/c1-21-20(31)17-15(8-16(25-26-17)24-19(30)11-6-7-11)23-14-5-3-4-12(13(14)9-29)18-22-10-28(2)27-18;1-11(29)18-16(8-17(24-25-18)23-20(30)12-6-7-12)22-15-5-3-4-13(14(15)9-28)19-21-10-27(2)26-19;;/h3-5,8,10-11,29H,6-7,9H2,1-2H3,(H,21,31)(H2,23,24,25,30);3-5,8,10,12,28H,6-7,9H2,1-2H3,(H2,22,23,24,30);1H4;1H. The number of aromatic nitrogens is 10. The first kappa shape index (κ1) is 47.3. The van der Waals surface area contributed by atoms with Crippen molar-refractivity contribution in [1.82, 2.24) is 55.2 Å². The zero-order chi connectivity index (χ0) is 43.2. The first-order chi connectivity index (χ1) is 29.5. The monoisotopic (exact) mass is 973 g/mol. The van der Waals surface area contributed by atoms with Gasteiger partial charge in [0.25, 0.3) is 5.91 Å². The quantitative estimate of drug-likeness (QED) is 0.0583. The third-order valence-corrected chi connectivity index (χ3v) is 9.65. The van der Waals surface area contributed by atoms with Crippen molar-refractivity contribution in [2.24, 2.45) is 25.9 Å². The lowest BCUT2D eigenvalue weighted by Crippen LogP contribution is -2.22. The summed E-state index contributed by atoms with van der Waals surface area (Å²) in [7, 11) is 5.01. The number of benzene rings is 2. The van der Waals surface area contributed by atoms with E-state index in [2.05, 4.69) is 67.1 Å². The predicted octanol–water partition coefficient (Wildman–Crippen LogP) is 4.53. The van der Waals surface area contributed by atoms with Crippen molar-refractivity contribution in [1.29, 1.82) is 0 Å². The molecule has 0 atom stereocenters. The van der Waals surface area contributed by atoms with Crippen LogP contribution in [0, 0.1) is 11.8 Å². The lowest BCUT2D eigenvalue weighted by Gasteiger charge is -2.16. The molecule has 0 spiro atoms. The van der Waals surface area contributed by atoms with Crippen molar-refractivity contribution >= 4 is 81.9 Å². The molecule has 330 valence electrons. The second-order valence-electron chi connectivity index (χ2n) is 14.4. The molecule has 4 heterocycles. The van der Waals surface area contributed by atoms with Gasteiger partial charge in [0.2, 0.25) is 11.8 Å². The fraction of sp³-hybridized carbons (Fsp3) is 0.317. The Balaban J connectivity index is 0.000000230. The van der Waals surface area contributed by atoms with Gasteiger partial charge in [-0.3, -0.25) is 28.5 Å². The fourth-order valence-corrected chi connectivity index (χ4v) is 6.17. The first-order valence-corrected chi connectivity index (χ1v) is 19.3. The number of hydrogen-bond donors (Lipinski definition) is 7. The molecule has 63 heavy (non-hydrogen) atoms. The topological polar surface area (TPSA) is 282 Å². The molecule has 0 bridgehead atoms. The van der Waals surface area contributed by atoms with Gasteiger partial charge < -0.3 is 36.8 Å². The van der Waals surface area contributed by atoms with E-state index in [0.717, 1.165) is 25.7 Å². The van der Waals surface area contributed by atoms with Crippen molar-refractivity contribution in [3.63, 3.8) is 0 Å². The number of hydrogen-bond acceptors (Lipinski definition) is 16. The summed E-state index contributed by atoms with van der Waals surface area (Å²) in [6.45, 7) is 0.838. The highest BCUT2D eigenvalue weighted by Crippen LogP contribution is 2.34. The molecule has 3 amide bonds. The van der Waals surface area contributed by atoms with Gasteiger partial charge in [0.05, 0.1) is 24.6 Å². The summed E-state index contributed by atoms with van der Waals surface area (Å²) in [5.41, 5.74) is 4.45. The second kappa shape index (κ2) is 20.9. The number of amides is 3. The van der Waals surface area contributed by atoms with Crippen LogP contribution in [-0.4, -0.2) is 90.7 Å². The molecule has 21 nitrogen and oxygen atoms in total. The summed E-state index contributed by atoms with van der Waals surface area (Å²) in [6, 6.07) is 13.8. The zero-order valence-electron chi connectivity index (χ0n) is 34.1. The zero-order valence-corrected chi connectivity index (χ0v) is 36.4. The number of aryl methyl sites for hydroxylation is 2. The summed E-state index contributed by atoms with van der Waals surface area (Å²) in [4.78, 5) is 57.0. The molecule has 0 saturated heterocycles. The van der Waals surface area contributed by atoms with Gasteiger partial charge in [-0.05, 0) is 37.8 Å². The van der Waals surface area contributed by atoms with Crippen LogP contribution in [0.25, 0.3) is 22.8 Å². The molecule has 6 aromatic rings. The molecule has 2 aliphatic carbocycles. The van der Waals surface area contributed by atoms with Crippen molar-refractivity contribution in [3.8, 4) is 22.8 Å². The number of aliphatic hydroxyl groups is 2. The maximum absolute atomic E-state index is 12.3. The SMILES string of the molecule is C.CC(=O)c1nnc(NC(=O)C2CC2)cc1Nc1cccc(-c2ncn(C)n2)c1CO.CNC(=O)c1nnc(NC(=O)C2CC2)cc1Nc1cccc(-c2ncn(C)n2)c1CO.I. The summed E-state index contributed by atoms with van der Waals surface area (Å²) in [6.07, 6.45) is 6.59. The summed E-state index contributed by atoms with van der Waals surface area (Å²) < 4.78 is 3.15. The van der Waals surface area contributed by atoms with Crippen LogP contribution in [0.2, 0.25) is 0 Å². The van der Waals surface area contributed by atoms with Crippen molar-refractivity contribution in [2.75, 3.05) is 28.3 Å². The van der Waals surface area contributed by atoms with Crippen LogP contribution in [0.5, 0.6) is 0 Å². The number of Topliss-reactive ketones (excluding diaryl/α,β-unsaturated/α-hetero) is 1. The normalized spacial score (nSPS) is 12.7. The number of carbonyl (C=O) groups excluding carboxylic acids is 4.